The van der Waals surface area contributed by atoms with Crippen molar-refractivity contribution in [2.24, 2.45) is 0 Å². The van der Waals surface area contributed by atoms with Gasteiger partial charge in [0, 0.05) is 25.3 Å². The monoisotopic (exact) mass is 282 g/mol. The third-order valence-corrected chi connectivity index (χ3v) is 2.76. The van der Waals surface area contributed by atoms with Crippen LogP contribution in [0.2, 0.25) is 0 Å². The maximum atomic E-state index is 12.0. The molecule has 7 nitrogen and oxygen atoms in total. The number of nitro groups is 1. The van der Waals surface area contributed by atoms with Crippen molar-refractivity contribution in [3.05, 3.63) is 33.9 Å². The number of hydrogen-bond donors (Lipinski definition) is 2. The van der Waals surface area contributed by atoms with Gasteiger partial charge in [-0.15, -0.1) is 0 Å². The lowest BCUT2D eigenvalue weighted by molar-refractivity contribution is -0.384. The third-order valence-electron chi connectivity index (χ3n) is 2.76. The van der Waals surface area contributed by atoms with Gasteiger partial charge in [-0.05, 0) is 25.3 Å². The second-order valence-corrected chi connectivity index (χ2v) is 4.18. The van der Waals surface area contributed by atoms with Crippen molar-refractivity contribution in [3.8, 4) is 5.75 Å². The minimum Gasteiger partial charge on any atom is -0.496 e. The molecule has 1 aromatic carbocycles. The third kappa shape index (κ3) is 4.51. The fourth-order valence-electron chi connectivity index (χ4n) is 1.70. The molecule has 0 spiro atoms. The molecule has 1 aromatic rings. The molecule has 0 saturated heterocycles. The van der Waals surface area contributed by atoms with Crippen molar-refractivity contribution in [1.82, 2.24) is 5.32 Å². The quantitative estimate of drug-likeness (QED) is 0.427. The molecule has 0 saturated carbocycles. The summed E-state index contributed by atoms with van der Waals surface area (Å²) < 4.78 is 5.03. The smallest absolute Gasteiger partial charge is 0.270 e. The zero-order chi connectivity index (χ0) is 15.0. The number of ether oxygens (including phenoxy) is 1. The van der Waals surface area contributed by atoms with Crippen LogP contribution in [0.25, 0.3) is 0 Å². The van der Waals surface area contributed by atoms with Crippen LogP contribution in [0.5, 0.6) is 5.75 Å². The predicted octanol–water partition coefficient (Wildman–Crippen LogP) is 1.50. The van der Waals surface area contributed by atoms with Crippen LogP contribution in [0.15, 0.2) is 18.2 Å². The van der Waals surface area contributed by atoms with E-state index in [1.54, 1.807) is 0 Å². The van der Waals surface area contributed by atoms with E-state index in [2.05, 4.69) is 5.32 Å². The van der Waals surface area contributed by atoms with Gasteiger partial charge in [-0.3, -0.25) is 14.9 Å². The number of carbonyl (C=O) groups excluding carboxylic acids is 1. The maximum Gasteiger partial charge on any atom is 0.270 e. The first-order chi connectivity index (χ1) is 9.60. The van der Waals surface area contributed by atoms with E-state index in [0.29, 0.717) is 18.7 Å². The number of non-ortho nitro benzene ring substituents is 1. The van der Waals surface area contributed by atoms with Gasteiger partial charge in [0.15, 0.2) is 0 Å². The Hall–Kier alpha value is -2.15. The topological polar surface area (TPSA) is 102 Å². The van der Waals surface area contributed by atoms with Crippen LogP contribution in [0, 0.1) is 10.1 Å². The molecule has 0 aliphatic rings. The standard InChI is InChI=1S/C13H18N2O5/c1-20-12-6-5-10(15(18)19)9-11(12)13(17)14-7-3-2-4-8-16/h5-6,9,16H,2-4,7-8H2,1H3,(H,14,17). The number of aliphatic hydroxyl groups is 1. The highest BCUT2D eigenvalue weighted by Gasteiger charge is 2.16. The van der Waals surface area contributed by atoms with Crippen LogP contribution in [0.1, 0.15) is 29.6 Å². The minimum atomic E-state index is -0.558. The van der Waals surface area contributed by atoms with Gasteiger partial charge < -0.3 is 15.2 Å². The van der Waals surface area contributed by atoms with Crippen molar-refractivity contribution in [2.75, 3.05) is 20.3 Å². The summed E-state index contributed by atoms with van der Waals surface area (Å²) in [5.74, 6) is -0.113. The van der Waals surface area contributed by atoms with Crippen molar-refractivity contribution < 1.29 is 19.6 Å². The van der Waals surface area contributed by atoms with E-state index in [4.69, 9.17) is 9.84 Å². The zero-order valence-corrected chi connectivity index (χ0v) is 11.3. The number of unbranched alkanes of at least 4 members (excludes halogenated alkanes) is 2. The van der Waals surface area contributed by atoms with Crippen LogP contribution in [0.4, 0.5) is 5.69 Å². The Balaban J connectivity index is 2.70. The molecular formula is C13H18N2O5. The molecule has 2 N–H and O–H groups in total. The molecule has 1 amide bonds. The summed E-state index contributed by atoms with van der Waals surface area (Å²) in [4.78, 5) is 22.1. The van der Waals surface area contributed by atoms with Crippen molar-refractivity contribution in [3.63, 3.8) is 0 Å². The number of hydrogen-bond acceptors (Lipinski definition) is 5. The first-order valence-corrected chi connectivity index (χ1v) is 6.31. The Morgan fingerprint density at radius 2 is 2.15 bits per heavy atom. The second kappa shape index (κ2) is 8.11. The van der Waals surface area contributed by atoms with E-state index < -0.39 is 10.8 Å². The number of amides is 1. The molecule has 20 heavy (non-hydrogen) atoms. The summed E-state index contributed by atoms with van der Waals surface area (Å²) in [5.41, 5.74) is -0.0138. The molecule has 7 heteroatoms. The summed E-state index contributed by atoms with van der Waals surface area (Å²) in [6.45, 7) is 0.581. The average Bonchev–Trinajstić information content (AvgIpc) is 2.46. The largest absolute Gasteiger partial charge is 0.496 e. The van der Waals surface area contributed by atoms with E-state index in [1.807, 2.05) is 0 Å². The summed E-state index contributed by atoms with van der Waals surface area (Å²) in [6.07, 6.45) is 2.24. The first-order valence-electron chi connectivity index (χ1n) is 6.31. The highest BCUT2D eigenvalue weighted by Crippen LogP contribution is 2.23. The molecule has 0 atom stereocenters. The molecule has 0 unspecified atom stereocenters. The molecule has 0 radical (unpaired) electrons. The van der Waals surface area contributed by atoms with E-state index in [-0.39, 0.29) is 17.9 Å². The molecule has 1 rings (SSSR count). The van der Waals surface area contributed by atoms with Gasteiger partial charge in [-0.2, -0.15) is 0 Å². The summed E-state index contributed by atoms with van der Waals surface area (Å²) >= 11 is 0. The number of methoxy groups -OCH3 is 1. The fourth-order valence-corrected chi connectivity index (χ4v) is 1.70. The van der Waals surface area contributed by atoms with Gasteiger partial charge in [0.2, 0.25) is 0 Å². The Morgan fingerprint density at radius 3 is 2.75 bits per heavy atom. The number of nitro benzene ring substituents is 1. The number of rotatable bonds is 8. The first kappa shape index (κ1) is 15.9. The maximum absolute atomic E-state index is 12.0. The van der Waals surface area contributed by atoms with Crippen LogP contribution >= 0.6 is 0 Å². The van der Waals surface area contributed by atoms with Gasteiger partial charge in [-0.1, -0.05) is 0 Å². The second-order valence-electron chi connectivity index (χ2n) is 4.18. The van der Waals surface area contributed by atoms with Crippen molar-refractivity contribution >= 4 is 11.6 Å². The predicted molar refractivity (Wildman–Crippen MR) is 72.9 cm³/mol. The Morgan fingerprint density at radius 1 is 1.40 bits per heavy atom. The molecule has 0 aliphatic carbocycles. The van der Waals surface area contributed by atoms with E-state index in [9.17, 15) is 14.9 Å². The molecule has 0 heterocycles. The molecule has 0 bridgehead atoms. The van der Waals surface area contributed by atoms with Crippen LogP contribution in [0.3, 0.4) is 0 Å². The van der Waals surface area contributed by atoms with Gasteiger partial charge in [0.1, 0.15) is 5.75 Å². The Bertz CT molecular complexity index is 476. The highest BCUT2D eigenvalue weighted by molar-refractivity contribution is 5.97. The SMILES string of the molecule is COc1ccc([N+](=O)[O-])cc1C(=O)NCCCCCO. The van der Waals surface area contributed by atoms with Gasteiger partial charge in [0.25, 0.3) is 11.6 Å². The van der Waals surface area contributed by atoms with Crippen LogP contribution in [-0.4, -0.2) is 36.2 Å². The van der Waals surface area contributed by atoms with E-state index in [0.717, 1.165) is 12.8 Å². The number of nitrogens with one attached hydrogen (secondary N) is 1. The van der Waals surface area contributed by atoms with Crippen LogP contribution in [-0.2, 0) is 0 Å². The molecule has 0 aliphatic heterocycles. The normalized spacial score (nSPS) is 10.1. The summed E-state index contributed by atoms with van der Waals surface area (Å²) in [6, 6.07) is 3.89. The Kier molecular flexibility index (Phi) is 6.45. The fraction of sp³-hybridized carbons (Fsp3) is 0.462. The lowest BCUT2D eigenvalue weighted by Crippen LogP contribution is -2.25. The van der Waals surface area contributed by atoms with Gasteiger partial charge >= 0.3 is 0 Å². The lowest BCUT2D eigenvalue weighted by atomic mass is 10.1. The molecular weight excluding hydrogens is 264 g/mol. The van der Waals surface area contributed by atoms with Gasteiger partial charge in [0.05, 0.1) is 17.6 Å². The average molecular weight is 282 g/mol. The van der Waals surface area contributed by atoms with Crippen molar-refractivity contribution in [1.29, 1.82) is 0 Å². The lowest BCUT2D eigenvalue weighted by Gasteiger charge is -2.09. The molecule has 110 valence electrons. The zero-order valence-electron chi connectivity index (χ0n) is 11.3. The number of aliphatic hydroxyl groups excluding tert-OH is 1. The number of carbonyl (C=O) groups is 1. The number of benzene rings is 1. The number of nitrogens with zero attached hydrogens (tertiary/aromatic N) is 1. The van der Waals surface area contributed by atoms with E-state index >= 15 is 0 Å². The molecule has 0 fully saturated rings. The van der Waals surface area contributed by atoms with Crippen molar-refractivity contribution in [2.45, 2.75) is 19.3 Å². The van der Waals surface area contributed by atoms with E-state index in [1.165, 1.54) is 25.3 Å². The minimum absolute atomic E-state index is 0.132. The van der Waals surface area contributed by atoms with Crippen LogP contribution < -0.4 is 10.1 Å². The highest BCUT2D eigenvalue weighted by atomic mass is 16.6. The van der Waals surface area contributed by atoms with Gasteiger partial charge in [-0.25, -0.2) is 0 Å². The Labute approximate surface area is 116 Å². The summed E-state index contributed by atoms with van der Waals surface area (Å²) in [7, 11) is 1.40. The molecule has 0 aromatic heterocycles. The summed E-state index contributed by atoms with van der Waals surface area (Å²) in [5, 5.41) is 22.0.